The Bertz CT molecular complexity index is 1180. The van der Waals surface area contributed by atoms with Crippen LogP contribution in [0.25, 0.3) is 0 Å². The third-order valence-corrected chi connectivity index (χ3v) is 5.74. The van der Waals surface area contributed by atoms with Gasteiger partial charge in [0.05, 0.1) is 11.1 Å². The van der Waals surface area contributed by atoms with E-state index < -0.39 is 4.92 Å². The maximum Gasteiger partial charge on any atom is 0.271 e. The van der Waals surface area contributed by atoms with Gasteiger partial charge in [0.2, 0.25) is 0 Å². The molecule has 3 aromatic rings. The topological polar surface area (TPSA) is 87.8 Å². The molecule has 1 amide bonds. The van der Waals surface area contributed by atoms with Gasteiger partial charge in [0.15, 0.2) is 0 Å². The molecule has 1 aliphatic rings. The minimum atomic E-state index is -0.517. The molecular weight excluding hydrogens is 428 g/mol. The molecule has 0 atom stereocenters. The fourth-order valence-electron chi connectivity index (χ4n) is 3.68. The quantitative estimate of drug-likeness (QED) is 0.340. The number of nitrogens with zero attached hydrogens (tertiary/aromatic N) is 3. The predicted octanol–water partition coefficient (Wildman–Crippen LogP) is 4.57. The zero-order valence-electron chi connectivity index (χ0n) is 17.2. The van der Waals surface area contributed by atoms with Gasteiger partial charge in [-0.15, -0.1) is 0 Å². The van der Waals surface area contributed by atoms with Crippen molar-refractivity contribution in [2.75, 3.05) is 6.54 Å². The summed E-state index contributed by atoms with van der Waals surface area (Å²) in [5.74, 6) is -0.374. The highest BCUT2D eigenvalue weighted by atomic mass is 35.5. The number of rotatable bonds is 6. The van der Waals surface area contributed by atoms with Crippen LogP contribution in [-0.4, -0.2) is 28.5 Å². The second kappa shape index (κ2) is 9.72. The molecule has 0 bridgehead atoms. The molecule has 8 heteroatoms. The SMILES string of the molecule is O=C(N/N=C\c1cc([N+](=O)[O-])ccc1Cl)c1ccc(CN2CCc3ccccc3C2)cc1. The average molecular weight is 449 g/mol. The summed E-state index contributed by atoms with van der Waals surface area (Å²) >= 11 is 6.03. The molecule has 1 N–H and O–H groups in total. The fourth-order valence-corrected chi connectivity index (χ4v) is 3.84. The summed E-state index contributed by atoms with van der Waals surface area (Å²) in [6.45, 7) is 2.75. The van der Waals surface area contributed by atoms with Gasteiger partial charge in [-0.1, -0.05) is 48.0 Å². The number of carbonyl (C=O) groups excluding carboxylic acids is 1. The van der Waals surface area contributed by atoms with E-state index in [0.29, 0.717) is 16.1 Å². The molecule has 0 spiro atoms. The minimum Gasteiger partial charge on any atom is -0.294 e. The van der Waals surface area contributed by atoms with Crippen molar-refractivity contribution in [2.24, 2.45) is 5.10 Å². The molecule has 0 fully saturated rings. The number of nitro benzene ring substituents is 1. The Kier molecular flexibility index (Phi) is 6.58. The summed E-state index contributed by atoms with van der Waals surface area (Å²) in [6.07, 6.45) is 2.33. The van der Waals surface area contributed by atoms with E-state index in [0.717, 1.165) is 31.6 Å². The van der Waals surface area contributed by atoms with Crippen LogP contribution in [0.15, 0.2) is 71.8 Å². The number of nitrogens with one attached hydrogen (secondary N) is 1. The second-order valence-electron chi connectivity index (χ2n) is 7.59. The summed E-state index contributed by atoms with van der Waals surface area (Å²) in [5.41, 5.74) is 7.07. The largest absolute Gasteiger partial charge is 0.294 e. The Balaban J connectivity index is 1.34. The van der Waals surface area contributed by atoms with Crippen molar-refractivity contribution in [3.63, 3.8) is 0 Å². The van der Waals surface area contributed by atoms with Gasteiger partial charge in [0.1, 0.15) is 0 Å². The highest BCUT2D eigenvalue weighted by molar-refractivity contribution is 6.33. The van der Waals surface area contributed by atoms with Gasteiger partial charge in [-0.05, 0) is 41.3 Å². The van der Waals surface area contributed by atoms with Crippen LogP contribution >= 0.6 is 11.6 Å². The second-order valence-corrected chi connectivity index (χ2v) is 8.00. The van der Waals surface area contributed by atoms with Crippen LogP contribution in [0.4, 0.5) is 5.69 Å². The number of hydrazone groups is 1. The van der Waals surface area contributed by atoms with Crippen LogP contribution in [-0.2, 0) is 19.5 Å². The number of fused-ring (bicyclic) bond motifs is 1. The van der Waals surface area contributed by atoms with Gasteiger partial charge < -0.3 is 0 Å². The number of halogens is 1. The lowest BCUT2D eigenvalue weighted by Crippen LogP contribution is -2.30. The summed E-state index contributed by atoms with van der Waals surface area (Å²) in [5, 5.41) is 15.1. The molecule has 162 valence electrons. The molecule has 1 aliphatic heterocycles. The Morgan fingerprint density at radius 1 is 1.12 bits per heavy atom. The zero-order valence-corrected chi connectivity index (χ0v) is 18.0. The summed E-state index contributed by atoms with van der Waals surface area (Å²) in [7, 11) is 0. The van der Waals surface area contributed by atoms with Gasteiger partial charge >= 0.3 is 0 Å². The normalized spacial score (nSPS) is 13.7. The fraction of sp³-hybridized carbons (Fsp3) is 0.167. The van der Waals surface area contributed by atoms with E-state index in [1.807, 2.05) is 12.1 Å². The van der Waals surface area contributed by atoms with E-state index in [1.54, 1.807) is 12.1 Å². The molecule has 3 aromatic carbocycles. The first-order valence-corrected chi connectivity index (χ1v) is 10.5. The third kappa shape index (κ3) is 5.19. The first-order chi connectivity index (χ1) is 15.5. The Labute approximate surface area is 190 Å². The molecule has 0 radical (unpaired) electrons. The monoisotopic (exact) mass is 448 g/mol. The van der Waals surface area contributed by atoms with Gasteiger partial charge in [0.25, 0.3) is 11.6 Å². The minimum absolute atomic E-state index is 0.102. The van der Waals surface area contributed by atoms with E-state index in [-0.39, 0.29) is 11.6 Å². The van der Waals surface area contributed by atoms with Crippen molar-refractivity contribution in [2.45, 2.75) is 19.5 Å². The Morgan fingerprint density at radius 3 is 2.62 bits per heavy atom. The van der Waals surface area contributed by atoms with Crippen molar-refractivity contribution in [3.05, 3.63) is 110 Å². The molecule has 0 unspecified atom stereocenters. The van der Waals surface area contributed by atoms with Gasteiger partial charge in [-0.2, -0.15) is 5.10 Å². The third-order valence-electron chi connectivity index (χ3n) is 5.39. The summed E-state index contributed by atoms with van der Waals surface area (Å²) in [6, 6.07) is 20.0. The number of hydrogen-bond donors (Lipinski definition) is 1. The van der Waals surface area contributed by atoms with E-state index in [9.17, 15) is 14.9 Å². The summed E-state index contributed by atoms with van der Waals surface area (Å²) < 4.78 is 0. The molecule has 0 saturated carbocycles. The van der Waals surface area contributed by atoms with Crippen molar-refractivity contribution >= 4 is 29.4 Å². The number of benzene rings is 3. The maximum atomic E-state index is 12.4. The molecule has 0 aliphatic carbocycles. The lowest BCUT2D eigenvalue weighted by Gasteiger charge is -2.28. The molecule has 1 heterocycles. The van der Waals surface area contributed by atoms with E-state index >= 15 is 0 Å². The number of amides is 1. The smallest absolute Gasteiger partial charge is 0.271 e. The predicted molar refractivity (Wildman–Crippen MR) is 124 cm³/mol. The lowest BCUT2D eigenvalue weighted by molar-refractivity contribution is -0.384. The van der Waals surface area contributed by atoms with Crippen LogP contribution in [0.5, 0.6) is 0 Å². The number of non-ortho nitro benzene ring substituents is 1. The molecule has 0 aromatic heterocycles. The average Bonchev–Trinajstić information content (AvgIpc) is 2.80. The molecule has 0 saturated heterocycles. The zero-order chi connectivity index (χ0) is 22.5. The maximum absolute atomic E-state index is 12.4. The van der Waals surface area contributed by atoms with E-state index in [2.05, 4.69) is 39.7 Å². The van der Waals surface area contributed by atoms with Gasteiger partial charge in [-0.25, -0.2) is 5.43 Å². The molecule has 32 heavy (non-hydrogen) atoms. The molecule has 4 rings (SSSR count). The summed E-state index contributed by atoms with van der Waals surface area (Å²) in [4.78, 5) is 25.1. The standard InChI is InChI=1S/C24H21ClN4O3/c25-23-10-9-22(29(31)32)13-21(23)14-26-27-24(30)19-7-5-17(6-8-19)15-28-12-11-18-3-1-2-4-20(18)16-28/h1-10,13-14H,11-12,15-16H2,(H,27,30)/b26-14-. The molecule has 7 nitrogen and oxygen atoms in total. The van der Waals surface area contributed by atoms with Crippen molar-refractivity contribution < 1.29 is 9.72 Å². The first-order valence-electron chi connectivity index (χ1n) is 10.1. The van der Waals surface area contributed by atoms with E-state index in [1.165, 1.54) is 35.5 Å². The van der Waals surface area contributed by atoms with Crippen LogP contribution in [0.1, 0.15) is 32.6 Å². The van der Waals surface area contributed by atoms with Gasteiger partial charge in [0, 0.05) is 47.9 Å². The molecular formula is C24H21ClN4O3. The van der Waals surface area contributed by atoms with Crippen LogP contribution in [0.2, 0.25) is 5.02 Å². The highest BCUT2D eigenvalue weighted by Crippen LogP contribution is 2.21. The van der Waals surface area contributed by atoms with Crippen molar-refractivity contribution in [3.8, 4) is 0 Å². The van der Waals surface area contributed by atoms with Crippen LogP contribution in [0.3, 0.4) is 0 Å². The Morgan fingerprint density at radius 2 is 1.88 bits per heavy atom. The van der Waals surface area contributed by atoms with Crippen molar-refractivity contribution in [1.29, 1.82) is 0 Å². The number of hydrogen-bond acceptors (Lipinski definition) is 5. The highest BCUT2D eigenvalue weighted by Gasteiger charge is 2.16. The van der Waals surface area contributed by atoms with E-state index in [4.69, 9.17) is 11.6 Å². The number of carbonyl (C=O) groups is 1. The first kappa shape index (κ1) is 21.7. The number of nitro groups is 1. The van der Waals surface area contributed by atoms with Crippen molar-refractivity contribution in [1.82, 2.24) is 10.3 Å². The van der Waals surface area contributed by atoms with Gasteiger partial charge in [-0.3, -0.25) is 19.8 Å². The lowest BCUT2D eigenvalue weighted by atomic mass is 9.99. The van der Waals surface area contributed by atoms with Crippen LogP contribution < -0.4 is 5.43 Å². The Hall–Kier alpha value is -3.55. The van der Waals surface area contributed by atoms with Crippen LogP contribution in [0, 0.1) is 10.1 Å².